The molecule has 0 spiro atoms. The molecule has 44 heavy (non-hydrogen) atoms. The SMILES string of the molecule is CCCCN1\C(=C/C=C(Cl)/C=C/C2=[N+](CCCC)C3CCC4CCCCC4C3C2(C)C)C(C)(C)C2C3CCCCC3CCC21. The van der Waals surface area contributed by atoms with Crippen LogP contribution in [0.15, 0.2) is 35.0 Å². The zero-order chi connectivity index (χ0) is 31.1. The van der Waals surface area contributed by atoms with E-state index in [9.17, 15) is 0 Å². The first-order valence-electron chi connectivity index (χ1n) is 19.4. The minimum Gasteiger partial charge on any atom is -0.371 e. The summed E-state index contributed by atoms with van der Waals surface area (Å²) in [5.74, 6) is 5.34. The van der Waals surface area contributed by atoms with Crippen molar-refractivity contribution in [1.29, 1.82) is 0 Å². The average Bonchev–Trinajstić information content (AvgIpc) is 3.38. The Morgan fingerprint density at radius 3 is 2.11 bits per heavy atom. The van der Waals surface area contributed by atoms with E-state index in [2.05, 4.69) is 75.3 Å². The highest BCUT2D eigenvalue weighted by Gasteiger charge is 2.60. The van der Waals surface area contributed by atoms with Crippen molar-refractivity contribution in [2.75, 3.05) is 13.1 Å². The van der Waals surface area contributed by atoms with Crippen LogP contribution in [0.5, 0.6) is 0 Å². The number of halogens is 1. The van der Waals surface area contributed by atoms with E-state index in [4.69, 9.17) is 11.6 Å². The lowest BCUT2D eigenvalue weighted by molar-refractivity contribution is -0.569. The number of nitrogens with zero attached hydrogens (tertiary/aromatic N) is 2. The Hall–Kier alpha value is -1.02. The molecule has 6 rings (SSSR count). The Morgan fingerprint density at radius 1 is 0.795 bits per heavy atom. The maximum absolute atomic E-state index is 7.13. The summed E-state index contributed by atoms with van der Waals surface area (Å²) in [7, 11) is 0. The number of hydrogen-bond donors (Lipinski definition) is 0. The van der Waals surface area contributed by atoms with Crippen molar-refractivity contribution in [1.82, 2.24) is 4.90 Å². The Morgan fingerprint density at radius 2 is 1.43 bits per heavy atom. The van der Waals surface area contributed by atoms with Crippen molar-refractivity contribution in [3.63, 3.8) is 0 Å². The van der Waals surface area contributed by atoms with Gasteiger partial charge in [-0.3, -0.25) is 0 Å². The zero-order valence-corrected chi connectivity index (χ0v) is 30.2. The van der Waals surface area contributed by atoms with Gasteiger partial charge in [-0.2, -0.15) is 0 Å². The molecular formula is C41H66ClN2+. The van der Waals surface area contributed by atoms with Crippen LogP contribution in [0, 0.1) is 46.3 Å². The summed E-state index contributed by atoms with van der Waals surface area (Å²) >= 11 is 7.13. The fraction of sp³-hybridized carbons (Fsp3) is 0.829. The van der Waals surface area contributed by atoms with Gasteiger partial charge in [0, 0.05) is 53.6 Å². The van der Waals surface area contributed by atoms with Crippen LogP contribution in [0.25, 0.3) is 0 Å². The van der Waals surface area contributed by atoms with E-state index in [-0.39, 0.29) is 10.8 Å². The third kappa shape index (κ3) is 5.94. The summed E-state index contributed by atoms with van der Waals surface area (Å²) in [5.41, 5.74) is 3.54. The number of hydrogen-bond acceptors (Lipinski definition) is 1. The molecule has 0 aromatic heterocycles. The second kappa shape index (κ2) is 13.6. The van der Waals surface area contributed by atoms with E-state index >= 15 is 0 Å². The molecule has 4 aliphatic carbocycles. The van der Waals surface area contributed by atoms with Gasteiger partial charge in [-0.1, -0.05) is 90.7 Å². The topological polar surface area (TPSA) is 6.25 Å². The third-order valence-electron chi connectivity index (χ3n) is 14.1. The fourth-order valence-corrected chi connectivity index (χ4v) is 12.4. The molecule has 6 aliphatic rings. The van der Waals surface area contributed by atoms with Crippen LogP contribution in [0.3, 0.4) is 0 Å². The number of fused-ring (bicyclic) bond motifs is 6. The monoisotopic (exact) mass is 621 g/mol. The highest BCUT2D eigenvalue weighted by molar-refractivity contribution is 6.31. The molecule has 5 fully saturated rings. The summed E-state index contributed by atoms with van der Waals surface area (Å²) in [5, 5.41) is 0.887. The molecular weight excluding hydrogens is 556 g/mol. The Kier molecular flexibility index (Phi) is 10.2. The van der Waals surface area contributed by atoms with Gasteiger partial charge in [-0.15, -0.1) is 0 Å². The maximum atomic E-state index is 7.13. The molecule has 2 nitrogen and oxygen atoms in total. The largest absolute Gasteiger partial charge is 0.371 e. The van der Waals surface area contributed by atoms with Gasteiger partial charge >= 0.3 is 0 Å². The van der Waals surface area contributed by atoms with E-state index in [1.54, 1.807) is 11.4 Å². The molecule has 4 saturated carbocycles. The molecule has 0 aromatic rings. The third-order valence-corrected chi connectivity index (χ3v) is 14.3. The van der Waals surface area contributed by atoms with Gasteiger partial charge in [-0.25, -0.2) is 4.58 Å². The average molecular weight is 622 g/mol. The molecule has 2 aliphatic heterocycles. The van der Waals surface area contributed by atoms with Crippen molar-refractivity contribution in [2.45, 2.75) is 156 Å². The quantitative estimate of drug-likeness (QED) is 0.183. The van der Waals surface area contributed by atoms with Gasteiger partial charge in [0.2, 0.25) is 0 Å². The van der Waals surface area contributed by atoms with Crippen LogP contribution in [0.2, 0.25) is 0 Å². The first kappa shape index (κ1) is 32.9. The summed E-state index contributed by atoms with van der Waals surface area (Å²) in [6.07, 6.45) is 31.8. The predicted molar refractivity (Wildman–Crippen MR) is 189 cm³/mol. The molecule has 0 radical (unpaired) electrons. The van der Waals surface area contributed by atoms with E-state index in [0.29, 0.717) is 0 Å². The van der Waals surface area contributed by atoms with Gasteiger partial charge in [0.25, 0.3) is 0 Å². The zero-order valence-electron chi connectivity index (χ0n) is 29.4. The van der Waals surface area contributed by atoms with Crippen molar-refractivity contribution >= 4 is 17.3 Å². The van der Waals surface area contributed by atoms with Gasteiger partial charge in [0.15, 0.2) is 11.8 Å². The summed E-state index contributed by atoms with van der Waals surface area (Å²) in [4.78, 5) is 2.86. The number of rotatable bonds is 9. The Bertz CT molecular complexity index is 1140. The van der Waals surface area contributed by atoms with E-state index in [0.717, 1.165) is 52.6 Å². The predicted octanol–water partition coefficient (Wildman–Crippen LogP) is 11.2. The number of likely N-dealkylation sites (tertiary alicyclic amines) is 1. The van der Waals surface area contributed by atoms with Gasteiger partial charge in [0.1, 0.15) is 6.54 Å². The van der Waals surface area contributed by atoms with Crippen LogP contribution < -0.4 is 0 Å². The fourth-order valence-electron chi connectivity index (χ4n) is 12.2. The van der Waals surface area contributed by atoms with Crippen LogP contribution in [-0.2, 0) is 0 Å². The van der Waals surface area contributed by atoms with E-state index in [1.807, 2.05) is 0 Å². The molecule has 1 saturated heterocycles. The molecule has 0 aromatic carbocycles. The van der Waals surface area contributed by atoms with Gasteiger partial charge in [-0.05, 0) is 100 Å². The molecule has 0 amide bonds. The van der Waals surface area contributed by atoms with Crippen molar-refractivity contribution in [3.05, 3.63) is 35.0 Å². The highest BCUT2D eigenvalue weighted by atomic mass is 35.5. The second-order valence-electron chi connectivity index (χ2n) is 17.1. The lowest BCUT2D eigenvalue weighted by Gasteiger charge is -2.47. The van der Waals surface area contributed by atoms with E-state index < -0.39 is 0 Å². The summed E-state index contributed by atoms with van der Waals surface area (Å²) < 4.78 is 2.86. The molecule has 2 heterocycles. The van der Waals surface area contributed by atoms with Crippen LogP contribution in [0.1, 0.15) is 144 Å². The van der Waals surface area contributed by atoms with Crippen LogP contribution in [-0.4, -0.2) is 40.4 Å². The van der Waals surface area contributed by atoms with E-state index in [1.165, 1.54) is 116 Å². The normalized spacial score (nSPS) is 39.0. The number of unbranched alkanes of at least 4 members (excludes halogenated alkanes) is 2. The summed E-state index contributed by atoms with van der Waals surface area (Å²) in [6.45, 7) is 17.4. The molecule has 8 atom stereocenters. The summed E-state index contributed by atoms with van der Waals surface area (Å²) in [6, 6.07) is 1.44. The number of allylic oxidation sites excluding steroid dienone is 6. The first-order chi connectivity index (χ1) is 21.2. The molecule has 0 bridgehead atoms. The minimum absolute atomic E-state index is 0.210. The minimum atomic E-state index is 0.210. The molecule has 3 heteroatoms. The van der Waals surface area contributed by atoms with Crippen molar-refractivity contribution in [2.24, 2.45) is 46.3 Å². The van der Waals surface area contributed by atoms with Gasteiger partial charge in [0.05, 0.1) is 5.41 Å². The lowest BCUT2D eigenvalue weighted by atomic mass is 9.57. The van der Waals surface area contributed by atoms with Gasteiger partial charge < -0.3 is 4.90 Å². The Balaban J connectivity index is 1.28. The van der Waals surface area contributed by atoms with Crippen LogP contribution >= 0.6 is 11.6 Å². The molecule has 8 unspecified atom stereocenters. The first-order valence-corrected chi connectivity index (χ1v) is 19.7. The highest BCUT2D eigenvalue weighted by Crippen LogP contribution is 2.60. The molecule has 0 N–H and O–H groups in total. The molecule has 246 valence electrons. The van der Waals surface area contributed by atoms with Crippen molar-refractivity contribution in [3.8, 4) is 0 Å². The Labute approximate surface area is 276 Å². The smallest absolute Gasteiger partial charge is 0.182 e. The van der Waals surface area contributed by atoms with Crippen LogP contribution in [0.4, 0.5) is 0 Å². The lowest BCUT2D eigenvalue weighted by Crippen LogP contribution is -2.46. The van der Waals surface area contributed by atoms with Crippen molar-refractivity contribution < 1.29 is 4.58 Å². The second-order valence-corrected chi connectivity index (χ2v) is 17.6. The maximum Gasteiger partial charge on any atom is 0.182 e. The standard InChI is InChI=1S/C41H66ClN2/c1-7-9-27-43-34-23-19-29-15-11-13-17-32(29)38(34)40(3,4)36(43)25-21-31(42)22-26-37-41(5,6)39-33-18-14-12-16-30(33)20-24-35(39)44(37)28-10-8-2/h21-22,25-26,29-30,32-35,38-39H,7-20,23-24,27-28H2,1-6H3/q+1.